The fourth-order valence-corrected chi connectivity index (χ4v) is 13.6. The number of carbonyl (C=O) groups is 6. The number of benzene rings is 3. The minimum atomic E-state index is -2.27. The van der Waals surface area contributed by atoms with Gasteiger partial charge in [-0.15, -0.1) is 0 Å². The minimum Gasteiger partial charge on any atom is -0.480 e. The number of carboxylic acids is 3. The first kappa shape index (κ1) is 53.2. The summed E-state index contributed by atoms with van der Waals surface area (Å²) in [7, 11) is 0. The minimum absolute atomic E-state index is 0.00699. The highest BCUT2D eigenvalue weighted by molar-refractivity contribution is 5.85. The van der Waals surface area contributed by atoms with Crippen molar-refractivity contribution in [3.8, 4) is 17.2 Å². The predicted molar refractivity (Wildman–Crippen MR) is 262 cm³/mol. The molecule has 3 saturated heterocycles. The number of hydrogen-bond acceptors (Lipinski definition) is 10. The van der Waals surface area contributed by atoms with E-state index >= 15 is 4.79 Å². The Morgan fingerprint density at radius 1 is 0.500 bits per heavy atom. The van der Waals surface area contributed by atoms with Gasteiger partial charge in [-0.3, -0.25) is 34.0 Å². The van der Waals surface area contributed by atoms with Crippen LogP contribution in [0.2, 0.25) is 0 Å². The number of rotatable bonds is 12. The number of ether oxygens (including phenoxy) is 3. The summed E-state index contributed by atoms with van der Waals surface area (Å²) in [5.74, 6) is -6.26. The quantitative estimate of drug-likeness (QED) is 0.155. The standard InChI is InChI=1S/C54H72N4O12/c1-48(2)28-35(29-49(3,4)56(48)45(65)68-38-22-16-13-17-23-38)42(43(61)62)55(34-41(59)60)54(44(63)64,36-30-50(5,6)57(51(7,8)31-36)46(66)69-39-24-18-14-19-25-39)37-32-52(9,10)58(53(11,12)33-37)47(67)70-40-26-20-15-21-27-40/h13-27,35-37,42H,28-34H2,1-12H3,(H,59,60)(H,61,62)(H,63,64). The molecule has 6 rings (SSSR count). The third kappa shape index (κ3) is 10.5. The van der Waals surface area contributed by atoms with Gasteiger partial charge < -0.3 is 29.5 Å². The molecule has 3 N–H and O–H groups in total. The summed E-state index contributed by atoms with van der Waals surface area (Å²) in [6.45, 7) is 20.7. The highest BCUT2D eigenvalue weighted by Gasteiger charge is 2.68. The van der Waals surface area contributed by atoms with Crippen LogP contribution in [0.4, 0.5) is 14.4 Å². The number of hydrogen-bond donors (Lipinski definition) is 3. The maximum atomic E-state index is 15.3. The van der Waals surface area contributed by atoms with Crippen LogP contribution in [-0.4, -0.2) is 122 Å². The van der Waals surface area contributed by atoms with Gasteiger partial charge in [-0.1, -0.05) is 54.6 Å². The van der Waals surface area contributed by atoms with Gasteiger partial charge in [-0.25, -0.2) is 14.4 Å². The number of para-hydroxylation sites is 3. The van der Waals surface area contributed by atoms with Crippen LogP contribution in [0, 0.1) is 17.8 Å². The highest BCUT2D eigenvalue weighted by atomic mass is 16.6. The van der Waals surface area contributed by atoms with Gasteiger partial charge in [0.25, 0.3) is 0 Å². The van der Waals surface area contributed by atoms with Crippen LogP contribution < -0.4 is 14.2 Å². The number of nitrogens with zero attached hydrogens (tertiary/aromatic N) is 4. The Hall–Kier alpha value is -6.16. The van der Waals surface area contributed by atoms with E-state index in [1.165, 1.54) is 4.90 Å². The Balaban J connectivity index is 1.53. The van der Waals surface area contributed by atoms with Crippen LogP contribution in [0.5, 0.6) is 17.2 Å². The van der Waals surface area contributed by atoms with Crippen molar-refractivity contribution < 1.29 is 58.3 Å². The molecule has 3 heterocycles. The Morgan fingerprint density at radius 2 is 0.771 bits per heavy atom. The van der Waals surface area contributed by atoms with Crippen molar-refractivity contribution in [1.82, 2.24) is 19.6 Å². The molecular formula is C54H72N4O12. The van der Waals surface area contributed by atoms with Gasteiger partial charge >= 0.3 is 36.2 Å². The van der Waals surface area contributed by atoms with Crippen LogP contribution in [0.15, 0.2) is 91.0 Å². The topological polar surface area (TPSA) is 204 Å². The molecule has 16 heteroatoms. The monoisotopic (exact) mass is 969 g/mol. The van der Waals surface area contributed by atoms with Crippen molar-refractivity contribution in [3.05, 3.63) is 91.0 Å². The molecule has 0 saturated carbocycles. The SMILES string of the molecule is CC1(C)CC(C(C(=O)O)N(CC(=O)O)C(C(=O)O)(C2CC(C)(C)N(C(=O)Oc3ccccc3)C(C)(C)C2)C2CC(C)(C)N(C(=O)Oc3ccccc3)C(C)(C)C2)CC(C)(C)N1C(=O)Oc1ccccc1. The third-order valence-corrected chi connectivity index (χ3v) is 14.9. The Labute approximate surface area is 411 Å². The molecule has 380 valence electrons. The maximum absolute atomic E-state index is 15.3. The molecule has 3 aliphatic heterocycles. The van der Waals surface area contributed by atoms with Crippen molar-refractivity contribution in [1.29, 1.82) is 0 Å². The zero-order chi connectivity index (χ0) is 52.0. The first-order valence-electron chi connectivity index (χ1n) is 24.0. The van der Waals surface area contributed by atoms with E-state index in [9.17, 15) is 39.3 Å². The van der Waals surface area contributed by atoms with Crippen molar-refractivity contribution in [2.75, 3.05) is 6.54 Å². The lowest BCUT2D eigenvalue weighted by molar-refractivity contribution is -0.194. The molecule has 0 radical (unpaired) electrons. The Bertz CT molecular complexity index is 2270. The third-order valence-electron chi connectivity index (χ3n) is 14.9. The van der Waals surface area contributed by atoms with E-state index in [4.69, 9.17) is 14.2 Å². The smallest absolute Gasteiger partial charge is 0.416 e. The van der Waals surface area contributed by atoms with Crippen LogP contribution in [0.25, 0.3) is 0 Å². The zero-order valence-corrected chi connectivity index (χ0v) is 42.7. The van der Waals surface area contributed by atoms with Crippen LogP contribution in [-0.2, 0) is 14.4 Å². The van der Waals surface area contributed by atoms with Gasteiger partial charge in [0.1, 0.15) is 28.8 Å². The highest BCUT2D eigenvalue weighted by Crippen LogP contribution is 2.57. The first-order chi connectivity index (χ1) is 32.4. The molecule has 0 spiro atoms. The summed E-state index contributed by atoms with van der Waals surface area (Å²) in [5.41, 5.74) is -9.03. The molecule has 3 aromatic rings. The summed E-state index contributed by atoms with van der Waals surface area (Å²) < 4.78 is 17.7. The Morgan fingerprint density at radius 3 is 1.01 bits per heavy atom. The molecule has 3 aromatic carbocycles. The van der Waals surface area contributed by atoms with E-state index in [1.807, 2.05) is 0 Å². The molecule has 0 bridgehead atoms. The number of amides is 3. The van der Waals surface area contributed by atoms with E-state index < -0.39 is 105 Å². The molecule has 3 aliphatic rings. The van der Waals surface area contributed by atoms with Crippen molar-refractivity contribution >= 4 is 36.2 Å². The normalized spacial score (nSPS) is 21.3. The molecule has 3 fully saturated rings. The van der Waals surface area contributed by atoms with Gasteiger partial charge in [0, 0.05) is 33.2 Å². The van der Waals surface area contributed by atoms with E-state index in [-0.39, 0.29) is 38.5 Å². The second kappa shape index (κ2) is 19.2. The molecule has 70 heavy (non-hydrogen) atoms. The Kier molecular flexibility index (Phi) is 14.6. The maximum Gasteiger partial charge on any atom is 0.416 e. The van der Waals surface area contributed by atoms with Gasteiger partial charge in [0.15, 0.2) is 0 Å². The van der Waals surface area contributed by atoms with Crippen LogP contribution >= 0.6 is 0 Å². The van der Waals surface area contributed by atoms with Crippen LogP contribution in [0.1, 0.15) is 122 Å². The average molecular weight is 969 g/mol. The fraction of sp³-hybridized carbons (Fsp3) is 0.556. The van der Waals surface area contributed by atoms with E-state index in [1.54, 1.807) is 189 Å². The number of piperidine rings is 3. The molecular weight excluding hydrogens is 897 g/mol. The van der Waals surface area contributed by atoms with E-state index in [2.05, 4.69) is 0 Å². The molecule has 0 aliphatic carbocycles. The molecule has 0 aromatic heterocycles. The van der Waals surface area contributed by atoms with E-state index in [0.717, 1.165) is 0 Å². The van der Waals surface area contributed by atoms with Gasteiger partial charge in [0.2, 0.25) is 0 Å². The average Bonchev–Trinajstić information content (AvgIpc) is 3.19. The summed E-state index contributed by atoms with van der Waals surface area (Å²) in [6.07, 6.45) is -1.95. The summed E-state index contributed by atoms with van der Waals surface area (Å²) in [5, 5.41) is 35.1. The molecule has 1 atom stereocenters. The van der Waals surface area contributed by atoms with Gasteiger partial charge in [0.05, 0.1) is 6.54 Å². The largest absolute Gasteiger partial charge is 0.480 e. The number of aliphatic carboxylic acids is 3. The molecule has 3 amide bonds. The number of likely N-dealkylation sites (tertiary alicyclic amines) is 3. The zero-order valence-electron chi connectivity index (χ0n) is 42.7. The second-order valence-electron chi connectivity index (χ2n) is 23.2. The summed E-state index contributed by atoms with van der Waals surface area (Å²) >= 11 is 0. The number of carboxylic acid groups (broad SMARTS) is 3. The lowest BCUT2D eigenvalue weighted by Gasteiger charge is -2.64. The van der Waals surface area contributed by atoms with Gasteiger partial charge in [-0.05, 0) is 176 Å². The lowest BCUT2D eigenvalue weighted by atomic mass is 9.56. The fourth-order valence-electron chi connectivity index (χ4n) is 13.6. The van der Waals surface area contributed by atoms with Crippen molar-refractivity contribution in [3.63, 3.8) is 0 Å². The molecule has 1 unspecified atom stereocenters. The summed E-state index contributed by atoms with van der Waals surface area (Å²) in [6, 6.07) is 24.0. The summed E-state index contributed by atoms with van der Waals surface area (Å²) in [4.78, 5) is 91.9. The van der Waals surface area contributed by atoms with Gasteiger partial charge in [-0.2, -0.15) is 0 Å². The molecule has 16 nitrogen and oxygen atoms in total. The predicted octanol–water partition coefficient (Wildman–Crippen LogP) is 10.1. The lowest BCUT2D eigenvalue weighted by Crippen LogP contribution is -2.77. The van der Waals surface area contributed by atoms with Crippen molar-refractivity contribution in [2.45, 2.75) is 166 Å². The number of carbonyl (C=O) groups excluding carboxylic acids is 3. The van der Waals surface area contributed by atoms with E-state index in [0.29, 0.717) is 17.2 Å². The first-order valence-corrected chi connectivity index (χ1v) is 24.0. The second-order valence-corrected chi connectivity index (χ2v) is 23.2. The van der Waals surface area contributed by atoms with Crippen LogP contribution in [0.3, 0.4) is 0 Å². The van der Waals surface area contributed by atoms with Crippen molar-refractivity contribution in [2.24, 2.45) is 17.8 Å².